The van der Waals surface area contributed by atoms with Crippen molar-refractivity contribution in [3.05, 3.63) is 51.1 Å². The predicted molar refractivity (Wildman–Crippen MR) is 110 cm³/mol. The van der Waals surface area contributed by atoms with Crippen molar-refractivity contribution < 1.29 is 13.2 Å². The molecule has 0 fully saturated rings. The lowest BCUT2D eigenvalue weighted by Crippen LogP contribution is -2.15. The molecule has 0 spiro atoms. The van der Waals surface area contributed by atoms with Crippen LogP contribution in [0.5, 0.6) is 5.75 Å². The molecule has 27 heavy (non-hydrogen) atoms. The van der Waals surface area contributed by atoms with Gasteiger partial charge in [0.25, 0.3) is 10.0 Å². The largest absolute Gasteiger partial charge is 0.496 e. The maximum absolute atomic E-state index is 12.9. The molecule has 144 valence electrons. The molecule has 1 aromatic heterocycles. The Bertz CT molecular complexity index is 1170. The Morgan fingerprint density at radius 1 is 1.11 bits per heavy atom. The van der Waals surface area contributed by atoms with Crippen molar-refractivity contribution in [1.29, 1.82) is 0 Å². The average molecular weight is 407 g/mol. The molecule has 0 amide bonds. The van der Waals surface area contributed by atoms with Crippen LogP contribution < -0.4 is 14.3 Å². The van der Waals surface area contributed by atoms with Crippen molar-refractivity contribution in [3.63, 3.8) is 0 Å². The van der Waals surface area contributed by atoms with Gasteiger partial charge in [0.05, 0.1) is 27.9 Å². The third-order valence-corrected chi connectivity index (χ3v) is 7.02. The van der Waals surface area contributed by atoms with Gasteiger partial charge in [-0.1, -0.05) is 11.3 Å². The Labute approximate surface area is 162 Å². The summed E-state index contributed by atoms with van der Waals surface area (Å²) in [6, 6.07) is 8.38. The molecule has 8 heteroatoms. The van der Waals surface area contributed by atoms with Crippen LogP contribution in [0.1, 0.15) is 31.0 Å². The van der Waals surface area contributed by atoms with E-state index in [1.165, 1.54) is 6.07 Å². The van der Waals surface area contributed by atoms with E-state index >= 15 is 0 Å². The minimum atomic E-state index is -3.77. The summed E-state index contributed by atoms with van der Waals surface area (Å²) < 4.78 is 36.1. The molecule has 0 aliphatic heterocycles. The number of nitrogens with zero attached hydrogens (tertiary/aromatic N) is 1. The predicted octanol–water partition coefficient (Wildman–Crippen LogP) is 4.07. The van der Waals surface area contributed by atoms with Crippen LogP contribution in [-0.2, 0) is 10.0 Å². The van der Waals surface area contributed by atoms with E-state index in [0.29, 0.717) is 17.0 Å². The van der Waals surface area contributed by atoms with Crippen LogP contribution in [0, 0.1) is 13.8 Å². The fourth-order valence-corrected chi connectivity index (χ4v) is 5.49. The fourth-order valence-electron chi connectivity index (χ4n) is 3.08. The highest BCUT2D eigenvalue weighted by atomic mass is 32.2. The molecule has 1 N–H and O–H groups in total. The second-order valence-electron chi connectivity index (χ2n) is 6.64. The van der Waals surface area contributed by atoms with E-state index in [4.69, 9.17) is 4.74 Å². The highest BCUT2D eigenvalue weighted by molar-refractivity contribution is 7.92. The quantitative estimate of drug-likeness (QED) is 0.693. The van der Waals surface area contributed by atoms with Gasteiger partial charge < -0.3 is 4.74 Å². The van der Waals surface area contributed by atoms with Crippen molar-refractivity contribution in [2.24, 2.45) is 0 Å². The Kier molecular flexibility index (Phi) is 5.05. The smallest absolute Gasteiger partial charge is 0.308 e. The molecule has 0 bridgehead atoms. The summed E-state index contributed by atoms with van der Waals surface area (Å²) in [4.78, 5) is 12.3. The standard InChI is InChI=1S/C19H22N2O4S2/c1-11(2)21-15-7-6-14(10-17(15)26-19(21)22)20-27(23,24)18-9-8-16(25-5)12(3)13(18)4/h6-11,20H,1-5H3. The van der Waals surface area contributed by atoms with Crippen LogP contribution in [-0.4, -0.2) is 20.1 Å². The van der Waals surface area contributed by atoms with E-state index in [9.17, 15) is 13.2 Å². The number of nitrogens with one attached hydrogen (secondary N) is 1. The molecule has 0 aliphatic carbocycles. The number of thiazole rings is 1. The van der Waals surface area contributed by atoms with Gasteiger partial charge in [0.1, 0.15) is 5.75 Å². The number of fused-ring (bicyclic) bond motifs is 1. The summed E-state index contributed by atoms with van der Waals surface area (Å²) in [6.45, 7) is 7.47. The summed E-state index contributed by atoms with van der Waals surface area (Å²) in [7, 11) is -2.21. The first-order valence-corrected chi connectivity index (χ1v) is 10.8. The minimum absolute atomic E-state index is 0.0405. The van der Waals surface area contributed by atoms with Gasteiger partial charge >= 0.3 is 4.87 Å². The first-order chi connectivity index (χ1) is 12.7. The maximum atomic E-state index is 12.9. The van der Waals surface area contributed by atoms with E-state index in [-0.39, 0.29) is 15.8 Å². The number of rotatable bonds is 5. The van der Waals surface area contributed by atoms with E-state index in [2.05, 4.69) is 4.72 Å². The van der Waals surface area contributed by atoms with E-state index in [0.717, 1.165) is 27.1 Å². The van der Waals surface area contributed by atoms with E-state index < -0.39 is 10.0 Å². The zero-order valence-electron chi connectivity index (χ0n) is 15.9. The zero-order chi connectivity index (χ0) is 19.9. The van der Waals surface area contributed by atoms with Crippen molar-refractivity contribution >= 4 is 37.3 Å². The molecule has 0 unspecified atom stereocenters. The van der Waals surface area contributed by atoms with Gasteiger partial charge in [0.2, 0.25) is 0 Å². The number of sulfonamides is 1. The van der Waals surface area contributed by atoms with Crippen LogP contribution >= 0.6 is 11.3 Å². The van der Waals surface area contributed by atoms with Crippen LogP contribution in [0.3, 0.4) is 0 Å². The summed E-state index contributed by atoms with van der Waals surface area (Å²) in [5, 5.41) is 0. The number of benzene rings is 2. The minimum Gasteiger partial charge on any atom is -0.496 e. The number of anilines is 1. The highest BCUT2D eigenvalue weighted by Gasteiger charge is 2.20. The normalized spacial score (nSPS) is 11.9. The Morgan fingerprint density at radius 2 is 1.81 bits per heavy atom. The van der Waals surface area contributed by atoms with E-state index in [1.807, 2.05) is 20.8 Å². The number of methoxy groups -OCH3 is 1. The third kappa shape index (κ3) is 3.46. The number of hydrogen-bond donors (Lipinski definition) is 1. The monoisotopic (exact) mass is 406 g/mol. The number of aromatic nitrogens is 1. The summed E-state index contributed by atoms with van der Waals surface area (Å²) >= 11 is 1.11. The lowest BCUT2D eigenvalue weighted by Gasteiger charge is -2.14. The average Bonchev–Trinajstić information content (AvgIpc) is 2.91. The molecule has 0 saturated heterocycles. The van der Waals surface area contributed by atoms with Crippen LogP contribution in [0.25, 0.3) is 10.2 Å². The van der Waals surface area contributed by atoms with E-state index in [1.54, 1.807) is 42.9 Å². The van der Waals surface area contributed by atoms with Crippen molar-refractivity contribution in [2.75, 3.05) is 11.8 Å². The van der Waals surface area contributed by atoms with Gasteiger partial charge in [0.15, 0.2) is 0 Å². The van der Waals surface area contributed by atoms with Gasteiger partial charge in [-0.15, -0.1) is 0 Å². The van der Waals surface area contributed by atoms with Gasteiger partial charge in [-0.3, -0.25) is 14.1 Å². The Balaban J connectivity index is 2.02. The number of hydrogen-bond acceptors (Lipinski definition) is 5. The third-order valence-electron chi connectivity index (χ3n) is 4.58. The van der Waals surface area contributed by atoms with Crippen molar-refractivity contribution in [2.45, 2.75) is 38.6 Å². The summed E-state index contributed by atoms with van der Waals surface area (Å²) in [6.07, 6.45) is 0. The molecule has 0 atom stereocenters. The second-order valence-corrected chi connectivity index (χ2v) is 9.28. The Morgan fingerprint density at radius 3 is 2.44 bits per heavy atom. The molecule has 0 saturated carbocycles. The van der Waals surface area contributed by atoms with Crippen LogP contribution in [0.15, 0.2) is 40.0 Å². The molecule has 0 radical (unpaired) electrons. The zero-order valence-corrected chi connectivity index (χ0v) is 17.5. The van der Waals surface area contributed by atoms with Crippen molar-refractivity contribution in [3.8, 4) is 5.75 Å². The lowest BCUT2D eigenvalue weighted by atomic mass is 10.1. The van der Waals surface area contributed by atoms with Crippen LogP contribution in [0.2, 0.25) is 0 Å². The number of ether oxygens (including phenoxy) is 1. The summed E-state index contributed by atoms with van der Waals surface area (Å²) in [5.41, 5.74) is 2.65. The SMILES string of the molecule is COc1ccc(S(=O)(=O)Nc2ccc3c(c2)sc(=O)n3C(C)C)c(C)c1C. The molecule has 2 aromatic carbocycles. The van der Waals surface area contributed by atoms with Gasteiger partial charge in [-0.2, -0.15) is 0 Å². The highest BCUT2D eigenvalue weighted by Crippen LogP contribution is 2.29. The van der Waals surface area contributed by atoms with Gasteiger partial charge in [-0.05, 0) is 69.2 Å². The van der Waals surface area contributed by atoms with Gasteiger partial charge in [-0.25, -0.2) is 8.42 Å². The topological polar surface area (TPSA) is 77.4 Å². The fraction of sp³-hybridized carbons (Fsp3) is 0.316. The molecular weight excluding hydrogens is 384 g/mol. The first kappa shape index (κ1) is 19.4. The van der Waals surface area contributed by atoms with Crippen LogP contribution in [0.4, 0.5) is 5.69 Å². The molecule has 6 nitrogen and oxygen atoms in total. The molecule has 0 aliphatic rings. The molecular formula is C19H22N2O4S2. The maximum Gasteiger partial charge on any atom is 0.308 e. The molecule has 3 rings (SSSR count). The second kappa shape index (κ2) is 7.01. The molecule has 1 heterocycles. The lowest BCUT2D eigenvalue weighted by molar-refractivity contribution is 0.411. The van der Waals surface area contributed by atoms with Gasteiger partial charge in [0, 0.05) is 6.04 Å². The summed E-state index contributed by atoms with van der Waals surface area (Å²) in [5.74, 6) is 0.646. The molecule has 3 aromatic rings. The Hall–Kier alpha value is -2.32. The van der Waals surface area contributed by atoms with Crippen molar-refractivity contribution in [1.82, 2.24) is 4.57 Å². The first-order valence-electron chi connectivity index (χ1n) is 8.48.